The Morgan fingerprint density at radius 2 is 1.88 bits per heavy atom. The van der Waals surface area contributed by atoms with Crippen LogP contribution in [0.15, 0.2) is 53.4 Å². The lowest BCUT2D eigenvalue weighted by molar-refractivity contribution is -0.387. The third-order valence-corrected chi connectivity index (χ3v) is 5.38. The fraction of sp³-hybridized carbons (Fsp3) is 0.250. The first kappa shape index (κ1) is 19.3. The van der Waals surface area contributed by atoms with Crippen molar-refractivity contribution in [2.24, 2.45) is 0 Å². The molecule has 2 aromatic carbocycles. The van der Waals surface area contributed by atoms with Crippen molar-refractivity contribution < 1.29 is 18.4 Å². The van der Waals surface area contributed by atoms with E-state index in [4.69, 9.17) is 11.6 Å². The van der Waals surface area contributed by atoms with Gasteiger partial charge in [-0.1, -0.05) is 41.9 Å². The SMILES string of the molecule is O=[N+]([O-])c1cc(Cl)ccc1S(=O)(=O)NCC(CCO)c1ccccc1. The van der Waals surface area contributed by atoms with Crippen LogP contribution in [0.2, 0.25) is 5.02 Å². The molecule has 0 aliphatic carbocycles. The summed E-state index contributed by atoms with van der Waals surface area (Å²) in [5.41, 5.74) is 0.281. The number of nitrogens with zero attached hydrogens (tertiary/aromatic N) is 1. The van der Waals surface area contributed by atoms with Crippen LogP contribution in [0.5, 0.6) is 0 Å². The van der Waals surface area contributed by atoms with Crippen LogP contribution in [0.3, 0.4) is 0 Å². The van der Waals surface area contributed by atoms with Gasteiger partial charge in [0.1, 0.15) is 0 Å². The van der Waals surface area contributed by atoms with E-state index in [1.54, 1.807) is 0 Å². The van der Waals surface area contributed by atoms with Gasteiger partial charge in [0.05, 0.1) is 4.92 Å². The van der Waals surface area contributed by atoms with Crippen molar-refractivity contribution in [3.8, 4) is 0 Å². The molecule has 2 rings (SSSR count). The summed E-state index contributed by atoms with van der Waals surface area (Å²) in [6, 6.07) is 12.5. The molecule has 0 radical (unpaired) electrons. The van der Waals surface area contributed by atoms with Crippen LogP contribution in [-0.2, 0) is 10.0 Å². The van der Waals surface area contributed by atoms with Crippen molar-refractivity contribution in [2.45, 2.75) is 17.2 Å². The van der Waals surface area contributed by atoms with E-state index in [2.05, 4.69) is 4.72 Å². The second-order valence-corrected chi connectivity index (χ2v) is 7.51. The van der Waals surface area contributed by atoms with E-state index < -0.39 is 25.5 Å². The predicted molar refractivity (Wildman–Crippen MR) is 94.2 cm³/mol. The lowest BCUT2D eigenvalue weighted by Crippen LogP contribution is -2.29. The van der Waals surface area contributed by atoms with Crippen molar-refractivity contribution in [1.29, 1.82) is 0 Å². The fourth-order valence-corrected chi connectivity index (χ4v) is 3.81. The third kappa shape index (κ3) is 4.99. The van der Waals surface area contributed by atoms with Gasteiger partial charge in [0.15, 0.2) is 4.90 Å². The Bertz CT molecular complexity index is 843. The first-order chi connectivity index (χ1) is 11.8. The number of nitrogens with one attached hydrogen (secondary N) is 1. The molecule has 0 amide bonds. The summed E-state index contributed by atoms with van der Waals surface area (Å²) in [6.07, 6.45) is 0.356. The number of nitro benzene ring substituents is 1. The summed E-state index contributed by atoms with van der Waals surface area (Å²) in [5, 5.41) is 20.4. The second kappa shape index (κ2) is 8.39. The van der Waals surface area contributed by atoms with Crippen LogP contribution in [0, 0.1) is 10.1 Å². The maximum atomic E-state index is 12.5. The van der Waals surface area contributed by atoms with E-state index in [1.165, 1.54) is 6.07 Å². The number of aliphatic hydroxyl groups excluding tert-OH is 1. The van der Waals surface area contributed by atoms with Crippen molar-refractivity contribution >= 4 is 27.3 Å². The fourth-order valence-electron chi connectivity index (χ4n) is 2.42. The van der Waals surface area contributed by atoms with Gasteiger partial charge in [0, 0.05) is 24.2 Å². The molecule has 0 fully saturated rings. The van der Waals surface area contributed by atoms with E-state index in [0.717, 1.165) is 17.7 Å². The van der Waals surface area contributed by atoms with Gasteiger partial charge in [-0.25, -0.2) is 13.1 Å². The molecule has 9 heteroatoms. The highest BCUT2D eigenvalue weighted by Gasteiger charge is 2.27. The molecule has 2 N–H and O–H groups in total. The summed E-state index contributed by atoms with van der Waals surface area (Å²) in [5.74, 6) is -0.257. The van der Waals surface area contributed by atoms with E-state index >= 15 is 0 Å². The second-order valence-electron chi connectivity index (χ2n) is 5.34. The molecule has 25 heavy (non-hydrogen) atoms. The number of nitro groups is 1. The van der Waals surface area contributed by atoms with Gasteiger partial charge in [0.2, 0.25) is 10.0 Å². The number of halogens is 1. The first-order valence-electron chi connectivity index (χ1n) is 7.44. The zero-order valence-electron chi connectivity index (χ0n) is 13.1. The minimum Gasteiger partial charge on any atom is -0.396 e. The Kier molecular flexibility index (Phi) is 6.49. The van der Waals surface area contributed by atoms with Gasteiger partial charge in [-0.15, -0.1) is 0 Å². The molecule has 0 spiro atoms. The standard InChI is InChI=1S/C16H17ClN2O5S/c17-14-6-7-16(15(10-14)19(21)22)25(23,24)18-11-13(8-9-20)12-4-2-1-3-5-12/h1-7,10,13,18,20H,8-9,11H2. The molecule has 1 unspecified atom stereocenters. The number of aliphatic hydroxyl groups is 1. The highest BCUT2D eigenvalue weighted by molar-refractivity contribution is 7.89. The van der Waals surface area contributed by atoms with Crippen LogP contribution >= 0.6 is 11.6 Å². The van der Waals surface area contributed by atoms with Crippen molar-refractivity contribution in [3.05, 3.63) is 69.2 Å². The summed E-state index contributed by atoms with van der Waals surface area (Å²) >= 11 is 5.71. The minimum absolute atomic E-state index is 0.00663. The molecular weight excluding hydrogens is 368 g/mol. The zero-order chi connectivity index (χ0) is 18.4. The average molecular weight is 385 g/mol. The maximum Gasteiger partial charge on any atom is 0.290 e. The molecule has 0 aliphatic heterocycles. The first-order valence-corrected chi connectivity index (χ1v) is 9.30. The summed E-state index contributed by atoms with van der Waals surface area (Å²) in [6.45, 7) is -0.102. The maximum absolute atomic E-state index is 12.5. The number of benzene rings is 2. The highest BCUT2D eigenvalue weighted by atomic mass is 35.5. The van der Waals surface area contributed by atoms with Crippen molar-refractivity contribution in [2.75, 3.05) is 13.2 Å². The van der Waals surface area contributed by atoms with Crippen molar-refractivity contribution in [3.63, 3.8) is 0 Å². The van der Waals surface area contributed by atoms with Crippen LogP contribution < -0.4 is 4.72 Å². The molecule has 134 valence electrons. The Morgan fingerprint density at radius 1 is 1.20 bits per heavy atom. The van der Waals surface area contributed by atoms with Gasteiger partial charge in [-0.05, 0) is 30.0 Å². The monoisotopic (exact) mass is 384 g/mol. The van der Waals surface area contributed by atoms with E-state index in [-0.39, 0.29) is 24.1 Å². The molecule has 0 bridgehead atoms. The lowest BCUT2D eigenvalue weighted by Gasteiger charge is -2.17. The topological polar surface area (TPSA) is 110 Å². The van der Waals surface area contributed by atoms with Crippen molar-refractivity contribution in [1.82, 2.24) is 4.72 Å². The molecule has 2 aromatic rings. The minimum atomic E-state index is -4.11. The van der Waals surface area contributed by atoms with E-state index in [9.17, 15) is 23.6 Å². The number of hydrogen-bond donors (Lipinski definition) is 2. The van der Waals surface area contributed by atoms with Gasteiger partial charge in [-0.2, -0.15) is 0 Å². The molecule has 0 saturated heterocycles. The van der Waals surface area contributed by atoms with E-state index in [0.29, 0.717) is 6.42 Å². The summed E-state index contributed by atoms with van der Waals surface area (Å²) in [4.78, 5) is 9.87. The van der Waals surface area contributed by atoms with Gasteiger partial charge in [-0.3, -0.25) is 10.1 Å². The molecule has 0 aromatic heterocycles. The quantitative estimate of drug-likeness (QED) is 0.537. The highest BCUT2D eigenvalue weighted by Crippen LogP contribution is 2.27. The predicted octanol–water partition coefficient (Wildman–Crippen LogP) is 2.69. The summed E-state index contributed by atoms with van der Waals surface area (Å²) < 4.78 is 27.4. The Morgan fingerprint density at radius 3 is 2.48 bits per heavy atom. The summed E-state index contributed by atoms with van der Waals surface area (Å²) in [7, 11) is -4.11. The van der Waals surface area contributed by atoms with Gasteiger partial charge < -0.3 is 5.11 Å². The molecule has 0 heterocycles. The number of sulfonamides is 1. The molecular formula is C16H17ClN2O5S. The lowest BCUT2D eigenvalue weighted by atomic mass is 9.96. The van der Waals surface area contributed by atoms with Crippen LogP contribution in [0.25, 0.3) is 0 Å². The Labute approximate surface area is 150 Å². The molecule has 0 aliphatic rings. The Hall–Kier alpha value is -2.00. The molecule has 0 saturated carbocycles. The van der Waals surface area contributed by atoms with E-state index in [1.807, 2.05) is 30.3 Å². The normalized spacial score (nSPS) is 12.7. The Balaban J connectivity index is 2.25. The molecule has 7 nitrogen and oxygen atoms in total. The van der Waals surface area contributed by atoms with Crippen LogP contribution in [-0.4, -0.2) is 31.6 Å². The number of hydrogen-bond acceptors (Lipinski definition) is 5. The number of rotatable bonds is 8. The van der Waals surface area contributed by atoms with Crippen LogP contribution in [0.4, 0.5) is 5.69 Å². The molecule has 1 atom stereocenters. The van der Waals surface area contributed by atoms with Gasteiger partial charge >= 0.3 is 0 Å². The largest absolute Gasteiger partial charge is 0.396 e. The zero-order valence-corrected chi connectivity index (χ0v) is 14.7. The van der Waals surface area contributed by atoms with Crippen LogP contribution in [0.1, 0.15) is 17.9 Å². The smallest absolute Gasteiger partial charge is 0.290 e. The van der Waals surface area contributed by atoms with Gasteiger partial charge in [0.25, 0.3) is 5.69 Å². The third-order valence-electron chi connectivity index (χ3n) is 3.68. The average Bonchev–Trinajstić information content (AvgIpc) is 2.59.